The highest BCUT2D eigenvalue weighted by molar-refractivity contribution is 7.89. The molecule has 0 bridgehead atoms. The second kappa shape index (κ2) is 7.34. The molecule has 0 unspecified atom stereocenters. The molecule has 0 heterocycles. The van der Waals surface area contributed by atoms with E-state index in [1.807, 2.05) is 6.07 Å². The highest BCUT2D eigenvalue weighted by Crippen LogP contribution is 2.24. The first kappa shape index (κ1) is 20.4. The minimum absolute atomic E-state index is 0.0315. The lowest BCUT2D eigenvalue weighted by Gasteiger charge is -2.33. The summed E-state index contributed by atoms with van der Waals surface area (Å²) in [5, 5.41) is 0. The number of rotatable bonds is 6. The molecule has 0 radical (unpaired) electrons. The van der Waals surface area contributed by atoms with E-state index < -0.39 is 25.6 Å². The van der Waals surface area contributed by atoms with Gasteiger partial charge in [-0.3, -0.25) is 0 Å². The molecule has 2 rings (SSSR count). The molecule has 1 aromatic carbocycles. The lowest BCUT2D eigenvalue weighted by atomic mass is 9.92. The van der Waals surface area contributed by atoms with Gasteiger partial charge in [-0.1, -0.05) is 6.07 Å². The van der Waals surface area contributed by atoms with Crippen molar-refractivity contribution in [1.29, 1.82) is 0 Å². The van der Waals surface area contributed by atoms with Gasteiger partial charge in [-0.05, 0) is 69.7 Å². The maximum Gasteiger partial charge on any atom is 0.240 e. The van der Waals surface area contributed by atoms with Crippen LogP contribution in [-0.2, 0) is 32.9 Å². The van der Waals surface area contributed by atoms with Crippen LogP contribution in [0.2, 0.25) is 0 Å². The average molecular weight is 389 g/mol. The Labute approximate surface area is 151 Å². The molecule has 0 atom stereocenters. The van der Waals surface area contributed by atoms with E-state index in [0.29, 0.717) is 0 Å². The molecule has 1 aliphatic rings. The molecule has 0 fully saturated rings. The Morgan fingerprint density at radius 2 is 1.64 bits per heavy atom. The van der Waals surface area contributed by atoms with Crippen molar-refractivity contribution in [2.75, 3.05) is 19.3 Å². The number of aryl methyl sites for hydroxylation is 2. The highest BCUT2D eigenvalue weighted by atomic mass is 32.2. The molecule has 1 aliphatic carbocycles. The zero-order chi connectivity index (χ0) is 18.9. The van der Waals surface area contributed by atoms with Crippen molar-refractivity contribution in [3.8, 4) is 0 Å². The predicted octanol–water partition coefficient (Wildman–Crippen LogP) is 1.90. The number of sulfonamides is 2. The van der Waals surface area contributed by atoms with Crippen molar-refractivity contribution >= 4 is 20.0 Å². The Hall–Kier alpha value is -0.960. The van der Waals surface area contributed by atoms with Crippen molar-refractivity contribution in [1.82, 2.24) is 9.03 Å². The molecule has 0 aromatic heterocycles. The lowest BCUT2D eigenvalue weighted by molar-refractivity contribution is 0.254. The summed E-state index contributed by atoms with van der Waals surface area (Å²) >= 11 is 0. The molecular weight excluding hydrogens is 360 g/mol. The molecule has 0 spiro atoms. The van der Waals surface area contributed by atoms with E-state index in [0.717, 1.165) is 37.5 Å². The van der Waals surface area contributed by atoms with E-state index in [-0.39, 0.29) is 18.0 Å². The van der Waals surface area contributed by atoms with Crippen molar-refractivity contribution in [3.05, 3.63) is 29.3 Å². The first-order chi connectivity index (χ1) is 11.4. The number of nitrogens with one attached hydrogen (secondary N) is 1. The molecule has 1 N–H and O–H groups in total. The summed E-state index contributed by atoms with van der Waals surface area (Å²) < 4.78 is 52.7. The maximum absolute atomic E-state index is 12.5. The van der Waals surface area contributed by atoms with Crippen molar-refractivity contribution < 1.29 is 16.8 Å². The predicted molar refractivity (Wildman–Crippen MR) is 99.6 cm³/mol. The molecule has 0 saturated heterocycles. The molecular formula is C17H28N2O4S2. The van der Waals surface area contributed by atoms with Gasteiger partial charge >= 0.3 is 0 Å². The molecule has 0 amide bonds. The van der Waals surface area contributed by atoms with Crippen LogP contribution in [0, 0.1) is 0 Å². The van der Waals surface area contributed by atoms with Crippen LogP contribution in [0.15, 0.2) is 23.1 Å². The Morgan fingerprint density at radius 3 is 2.20 bits per heavy atom. The van der Waals surface area contributed by atoms with Crippen LogP contribution < -0.4 is 4.72 Å². The molecule has 8 heteroatoms. The molecule has 1 aromatic rings. The third-order valence-electron chi connectivity index (χ3n) is 4.39. The summed E-state index contributed by atoms with van der Waals surface area (Å²) in [6, 6.07) is 5.26. The van der Waals surface area contributed by atoms with Gasteiger partial charge in [0.2, 0.25) is 20.0 Å². The van der Waals surface area contributed by atoms with Crippen LogP contribution in [0.4, 0.5) is 0 Å². The summed E-state index contributed by atoms with van der Waals surface area (Å²) in [5.41, 5.74) is 1.72. The lowest BCUT2D eigenvalue weighted by Crippen LogP contribution is -2.48. The number of fused-ring (bicyclic) bond motifs is 1. The zero-order valence-corrected chi connectivity index (χ0v) is 17.0. The van der Waals surface area contributed by atoms with Gasteiger partial charge in [0.1, 0.15) is 0 Å². The van der Waals surface area contributed by atoms with E-state index in [2.05, 4.69) is 4.72 Å². The van der Waals surface area contributed by atoms with Crippen molar-refractivity contribution in [3.63, 3.8) is 0 Å². The van der Waals surface area contributed by atoms with Crippen LogP contribution in [0.5, 0.6) is 0 Å². The second-order valence-corrected chi connectivity index (χ2v) is 11.2. The maximum atomic E-state index is 12.5. The highest BCUT2D eigenvalue weighted by Gasteiger charge is 2.29. The summed E-state index contributed by atoms with van der Waals surface area (Å²) in [4.78, 5) is 0.245. The Kier molecular flexibility index (Phi) is 5.98. The molecule has 0 aliphatic heterocycles. The standard InChI is InChI=1S/C17H28N2O4S2/c1-17(2,3)19(24(4,20)21)12-11-18-25(22,23)16-10-9-14-7-5-6-8-15(14)13-16/h9-10,13,18H,5-8,11-12H2,1-4H3. The SMILES string of the molecule is CC(C)(C)N(CCNS(=O)(=O)c1ccc2c(c1)CCCC2)S(C)(=O)=O. The number of benzene rings is 1. The van der Waals surface area contributed by atoms with E-state index in [1.54, 1.807) is 32.9 Å². The molecule has 6 nitrogen and oxygen atoms in total. The van der Waals surface area contributed by atoms with E-state index in [9.17, 15) is 16.8 Å². The fraction of sp³-hybridized carbons (Fsp3) is 0.647. The number of hydrogen-bond donors (Lipinski definition) is 1. The van der Waals surface area contributed by atoms with Gasteiger partial charge in [-0.2, -0.15) is 4.31 Å². The first-order valence-electron chi connectivity index (χ1n) is 8.50. The number of hydrogen-bond acceptors (Lipinski definition) is 4. The van der Waals surface area contributed by atoms with Crippen LogP contribution >= 0.6 is 0 Å². The van der Waals surface area contributed by atoms with Crippen LogP contribution in [0.25, 0.3) is 0 Å². The summed E-state index contributed by atoms with van der Waals surface area (Å²) in [5.74, 6) is 0. The Bertz CT molecular complexity index is 825. The van der Waals surface area contributed by atoms with Gasteiger partial charge in [-0.25, -0.2) is 21.6 Å². The second-order valence-electron chi connectivity index (χ2n) is 7.54. The third-order valence-corrected chi connectivity index (χ3v) is 7.38. The van der Waals surface area contributed by atoms with Gasteiger partial charge in [-0.15, -0.1) is 0 Å². The van der Waals surface area contributed by atoms with Crippen LogP contribution in [-0.4, -0.2) is 46.0 Å². The van der Waals surface area contributed by atoms with E-state index >= 15 is 0 Å². The average Bonchev–Trinajstić information content (AvgIpc) is 2.48. The zero-order valence-electron chi connectivity index (χ0n) is 15.4. The molecule has 25 heavy (non-hydrogen) atoms. The normalized spacial score (nSPS) is 16.0. The van der Waals surface area contributed by atoms with Crippen LogP contribution in [0.1, 0.15) is 44.7 Å². The fourth-order valence-electron chi connectivity index (χ4n) is 3.24. The fourth-order valence-corrected chi connectivity index (χ4v) is 5.73. The van der Waals surface area contributed by atoms with Gasteiger partial charge < -0.3 is 0 Å². The Balaban J connectivity index is 2.09. The Morgan fingerprint density at radius 1 is 1.04 bits per heavy atom. The monoisotopic (exact) mass is 388 g/mol. The minimum Gasteiger partial charge on any atom is -0.212 e. The molecule has 142 valence electrons. The van der Waals surface area contributed by atoms with Crippen molar-refractivity contribution in [2.24, 2.45) is 0 Å². The van der Waals surface area contributed by atoms with Gasteiger partial charge in [0.25, 0.3) is 0 Å². The summed E-state index contributed by atoms with van der Waals surface area (Å²) in [7, 11) is -7.07. The molecule has 0 saturated carbocycles. The summed E-state index contributed by atoms with van der Waals surface area (Å²) in [6.45, 7) is 5.47. The first-order valence-corrected chi connectivity index (χ1v) is 11.8. The summed E-state index contributed by atoms with van der Waals surface area (Å²) in [6.07, 6.45) is 5.27. The largest absolute Gasteiger partial charge is 0.240 e. The van der Waals surface area contributed by atoms with Crippen molar-refractivity contribution in [2.45, 2.75) is 56.9 Å². The van der Waals surface area contributed by atoms with Gasteiger partial charge in [0.15, 0.2) is 0 Å². The third kappa shape index (κ3) is 5.26. The smallest absolute Gasteiger partial charge is 0.212 e. The topological polar surface area (TPSA) is 83.6 Å². The number of nitrogens with zero attached hydrogens (tertiary/aromatic N) is 1. The van der Waals surface area contributed by atoms with E-state index in [1.165, 1.54) is 9.87 Å². The van der Waals surface area contributed by atoms with Gasteiger partial charge in [0, 0.05) is 18.6 Å². The van der Waals surface area contributed by atoms with Crippen LogP contribution in [0.3, 0.4) is 0 Å². The quantitative estimate of drug-likeness (QED) is 0.807. The van der Waals surface area contributed by atoms with Gasteiger partial charge in [0.05, 0.1) is 11.2 Å². The van der Waals surface area contributed by atoms with E-state index in [4.69, 9.17) is 0 Å². The minimum atomic E-state index is -3.65.